The van der Waals surface area contributed by atoms with Crippen LogP contribution in [0.25, 0.3) is 0 Å². The quantitative estimate of drug-likeness (QED) is 0.210. The molecule has 12 nitrogen and oxygen atoms in total. The van der Waals surface area contributed by atoms with Crippen molar-refractivity contribution >= 4 is 31.7 Å². The molecule has 322 valence electrons. The first kappa shape index (κ1) is 51.4. The summed E-state index contributed by atoms with van der Waals surface area (Å²) in [5.74, 6) is 2.11. The molecule has 0 radical (unpaired) electrons. The van der Waals surface area contributed by atoms with Crippen molar-refractivity contribution in [3.05, 3.63) is 59.7 Å². The lowest BCUT2D eigenvalue weighted by Gasteiger charge is -2.43. The Labute approximate surface area is 344 Å². The molecule has 2 unspecified atom stereocenters. The van der Waals surface area contributed by atoms with Crippen LogP contribution in [-0.4, -0.2) is 148 Å². The normalized spacial score (nSPS) is 17.6. The molecule has 2 aliphatic rings. The van der Waals surface area contributed by atoms with Crippen LogP contribution < -0.4 is 9.47 Å². The van der Waals surface area contributed by atoms with Crippen molar-refractivity contribution in [2.45, 2.75) is 105 Å². The van der Waals surface area contributed by atoms with Gasteiger partial charge in [-0.05, 0) is 66.4 Å². The molecule has 2 aliphatic heterocycles. The van der Waals surface area contributed by atoms with E-state index in [4.69, 9.17) is 13.9 Å². The number of rotatable bonds is 16. The van der Waals surface area contributed by atoms with Gasteiger partial charge in [0.05, 0.1) is 46.6 Å². The monoisotopic (exact) mass is 815 g/mol. The number of aliphatic hydroxyl groups is 1. The minimum Gasteiger partial charge on any atom is -0.497 e. The van der Waals surface area contributed by atoms with Gasteiger partial charge in [0.1, 0.15) is 23.1 Å². The molecule has 2 heterocycles. The van der Waals surface area contributed by atoms with Crippen LogP contribution in [0.3, 0.4) is 0 Å². The average molecular weight is 815 g/mol. The van der Waals surface area contributed by atoms with Crippen LogP contribution in [0.1, 0.15) is 73.4 Å². The first-order chi connectivity index (χ1) is 26.0. The predicted molar refractivity (Wildman–Crippen MR) is 232 cm³/mol. The van der Waals surface area contributed by atoms with E-state index >= 15 is 0 Å². The van der Waals surface area contributed by atoms with Gasteiger partial charge in [0.2, 0.25) is 11.8 Å². The Bertz CT molecular complexity index is 1530. The van der Waals surface area contributed by atoms with Gasteiger partial charge in [0.25, 0.3) is 0 Å². The lowest BCUT2D eigenvalue weighted by atomic mass is 10.1. The molecule has 13 heteroatoms. The number of ketones is 2. The zero-order valence-corrected chi connectivity index (χ0v) is 35.8. The van der Waals surface area contributed by atoms with E-state index in [1.165, 1.54) is 6.92 Å². The Kier molecular flexibility index (Phi) is 21.9. The molecule has 2 atom stereocenters. The van der Waals surface area contributed by atoms with Crippen molar-refractivity contribution in [1.82, 2.24) is 19.6 Å². The lowest BCUT2D eigenvalue weighted by molar-refractivity contribution is -0.134. The van der Waals surface area contributed by atoms with Gasteiger partial charge < -0.3 is 28.8 Å². The molecule has 4 rings (SSSR count). The molecule has 2 aromatic rings. The molecular formula is C44H74N4O8Si. The molecule has 0 spiro atoms. The van der Waals surface area contributed by atoms with Crippen LogP contribution >= 0.6 is 0 Å². The standard InChI is InChI=1S/C24H40N2O4Si.C18H26N2O4.2CH4/c1-19(27)25-14-15-26(21(16-25)18-30-31(6,7)24(2,3)4)17-22(28)11-8-20-9-12-23(29-5)13-10-20;1-14(22)19-9-10-20(16(11-19)13-21)12-17(23)6-3-15-4-7-18(24-2)8-5-15;;/h9-10,12-13,21H,8,11,14-18H2,1-7H3;4-5,7-8,16,21H,3,6,9-13H2,1-2H3;2*1H4. The summed E-state index contributed by atoms with van der Waals surface area (Å²) >= 11 is 0. The van der Waals surface area contributed by atoms with E-state index in [-0.39, 0.29) is 62.0 Å². The average Bonchev–Trinajstić information content (AvgIpc) is 3.16. The summed E-state index contributed by atoms with van der Waals surface area (Å²) in [6.45, 7) is 19.3. The minimum absolute atomic E-state index is 0. The maximum atomic E-state index is 12.8. The largest absolute Gasteiger partial charge is 0.497 e. The number of nitrogens with zero attached hydrogens (tertiary/aromatic N) is 4. The second-order valence-electron chi connectivity index (χ2n) is 16.2. The summed E-state index contributed by atoms with van der Waals surface area (Å²) in [4.78, 5) is 56.2. The number of aryl methyl sites for hydroxylation is 2. The molecule has 1 N–H and O–H groups in total. The number of hydrogen-bond acceptors (Lipinski definition) is 10. The number of methoxy groups -OCH3 is 2. The number of ether oxygens (including phenoxy) is 2. The number of hydrogen-bond donors (Lipinski definition) is 1. The van der Waals surface area contributed by atoms with Crippen molar-refractivity contribution in [2.75, 3.05) is 79.8 Å². The van der Waals surface area contributed by atoms with Crippen molar-refractivity contribution in [3.63, 3.8) is 0 Å². The summed E-state index contributed by atoms with van der Waals surface area (Å²) in [5, 5.41) is 9.65. The molecule has 0 saturated carbocycles. The molecule has 2 aromatic carbocycles. The van der Waals surface area contributed by atoms with Gasteiger partial charge in [-0.2, -0.15) is 0 Å². The van der Waals surface area contributed by atoms with E-state index in [0.29, 0.717) is 78.2 Å². The Morgan fingerprint density at radius 1 is 0.684 bits per heavy atom. The van der Waals surface area contributed by atoms with Gasteiger partial charge in [-0.25, -0.2) is 0 Å². The highest BCUT2D eigenvalue weighted by Crippen LogP contribution is 2.36. The van der Waals surface area contributed by atoms with Gasteiger partial charge in [0.15, 0.2) is 8.32 Å². The third-order valence-electron chi connectivity index (χ3n) is 11.2. The van der Waals surface area contributed by atoms with E-state index in [2.05, 4.69) is 38.8 Å². The molecule has 2 amide bonds. The number of carbonyl (C=O) groups is 4. The molecule has 2 saturated heterocycles. The van der Waals surface area contributed by atoms with E-state index in [0.717, 1.165) is 29.0 Å². The minimum atomic E-state index is -1.90. The molecule has 0 aromatic heterocycles. The van der Waals surface area contributed by atoms with Crippen molar-refractivity contribution < 1.29 is 38.2 Å². The molecule has 0 aliphatic carbocycles. The highest BCUT2D eigenvalue weighted by molar-refractivity contribution is 6.74. The summed E-state index contributed by atoms with van der Waals surface area (Å²) in [7, 11) is 1.38. The van der Waals surface area contributed by atoms with E-state index in [1.807, 2.05) is 58.3 Å². The van der Waals surface area contributed by atoms with E-state index in [9.17, 15) is 24.3 Å². The second-order valence-corrected chi connectivity index (χ2v) is 21.0. The van der Waals surface area contributed by atoms with E-state index < -0.39 is 8.32 Å². The first-order valence-electron chi connectivity index (χ1n) is 19.5. The van der Waals surface area contributed by atoms with Crippen LogP contribution in [0, 0.1) is 0 Å². The fourth-order valence-electron chi connectivity index (χ4n) is 6.39. The molecule has 2 fully saturated rings. The molecular weight excluding hydrogens is 741 g/mol. The maximum Gasteiger partial charge on any atom is 0.219 e. The Balaban J connectivity index is 0.000000567. The smallest absolute Gasteiger partial charge is 0.219 e. The number of amides is 2. The topological polar surface area (TPSA) is 129 Å². The fourth-order valence-corrected chi connectivity index (χ4v) is 7.43. The van der Waals surface area contributed by atoms with E-state index in [1.54, 1.807) is 26.0 Å². The number of Topliss-reactive ketones (excluding diaryl/α,β-unsaturated/α-hetero) is 2. The third kappa shape index (κ3) is 16.6. The van der Waals surface area contributed by atoms with Gasteiger partial charge in [0, 0.05) is 72.0 Å². The SMILES string of the molecule is C.C.COc1ccc(CCC(=O)CN2CCN(C(C)=O)CC2CO)cc1.COc1ccc(CCC(=O)CN2CCN(C(C)=O)CC2CO[Si](C)(C)C(C)(C)C)cc1. The Morgan fingerprint density at radius 3 is 1.42 bits per heavy atom. The van der Waals surface area contributed by atoms with Crippen LogP contribution in [0.5, 0.6) is 11.5 Å². The highest BCUT2D eigenvalue weighted by atomic mass is 28.4. The van der Waals surface area contributed by atoms with Crippen molar-refractivity contribution in [2.24, 2.45) is 0 Å². The number of piperazine rings is 2. The summed E-state index contributed by atoms with van der Waals surface area (Å²) < 4.78 is 16.8. The predicted octanol–water partition coefficient (Wildman–Crippen LogP) is 5.75. The van der Waals surface area contributed by atoms with Crippen LogP contribution in [0.15, 0.2) is 48.5 Å². The zero-order chi connectivity index (χ0) is 40.8. The van der Waals surface area contributed by atoms with Crippen LogP contribution in [0.2, 0.25) is 18.1 Å². The lowest BCUT2D eigenvalue weighted by Crippen LogP contribution is -2.58. The van der Waals surface area contributed by atoms with Crippen LogP contribution in [-0.2, 0) is 36.4 Å². The second kappa shape index (κ2) is 24.3. The Morgan fingerprint density at radius 2 is 1.07 bits per heavy atom. The number of benzene rings is 2. The Hall–Kier alpha value is -3.62. The summed E-state index contributed by atoms with van der Waals surface area (Å²) in [5.41, 5.74) is 2.23. The van der Waals surface area contributed by atoms with Gasteiger partial charge in [-0.1, -0.05) is 59.9 Å². The van der Waals surface area contributed by atoms with Gasteiger partial charge >= 0.3 is 0 Å². The maximum absolute atomic E-state index is 12.8. The van der Waals surface area contributed by atoms with Crippen molar-refractivity contribution in [1.29, 1.82) is 0 Å². The molecule has 57 heavy (non-hydrogen) atoms. The third-order valence-corrected chi connectivity index (χ3v) is 15.7. The highest BCUT2D eigenvalue weighted by Gasteiger charge is 2.39. The van der Waals surface area contributed by atoms with Gasteiger partial charge in [-0.15, -0.1) is 0 Å². The van der Waals surface area contributed by atoms with Crippen LogP contribution in [0.4, 0.5) is 0 Å². The van der Waals surface area contributed by atoms with Crippen molar-refractivity contribution in [3.8, 4) is 11.5 Å². The fraction of sp³-hybridized carbons (Fsp3) is 0.636. The number of aliphatic hydroxyl groups excluding tert-OH is 1. The first-order valence-corrected chi connectivity index (χ1v) is 22.4. The summed E-state index contributed by atoms with van der Waals surface area (Å²) in [6, 6.07) is 15.5. The van der Waals surface area contributed by atoms with Gasteiger partial charge in [-0.3, -0.25) is 29.0 Å². The molecule has 0 bridgehead atoms. The zero-order valence-electron chi connectivity index (χ0n) is 34.8. The summed E-state index contributed by atoms with van der Waals surface area (Å²) in [6.07, 6.45) is 2.40. The number of carbonyl (C=O) groups excluding carboxylic acids is 4.